The molecule has 0 atom stereocenters. The van der Waals surface area contributed by atoms with Crippen molar-refractivity contribution in [3.8, 4) is 0 Å². The van der Waals surface area contributed by atoms with Crippen molar-refractivity contribution in [3.05, 3.63) is 29.8 Å². The highest BCUT2D eigenvalue weighted by Gasteiger charge is 2.19. The molecule has 0 aromatic heterocycles. The third-order valence-electron chi connectivity index (χ3n) is 3.95. The molecule has 2 rings (SSSR count). The lowest BCUT2D eigenvalue weighted by Crippen LogP contribution is -2.46. The van der Waals surface area contributed by atoms with Gasteiger partial charge in [0.05, 0.1) is 5.69 Å². The molecule has 0 saturated carbocycles. The Morgan fingerprint density at radius 3 is 2.40 bits per heavy atom. The van der Waals surface area contributed by atoms with E-state index in [4.69, 9.17) is 0 Å². The maximum Gasteiger partial charge on any atom is 0.149 e. The molecule has 1 fully saturated rings. The van der Waals surface area contributed by atoms with Crippen LogP contribution >= 0.6 is 0 Å². The number of hydrogen-bond acceptors (Lipinski definition) is 2. The number of piperazine rings is 1. The molecule has 1 heterocycles. The predicted molar refractivity (Wildman–Crippen MR) is 79.2 cm³/mol. The lowest BCUT2D eigenvalue weighted by Gasteiger charge is -2.36. The molecule has 2 nitrogen and oxygen atoms in total. The zero-order chi connectivity index (χ0) is 14.4. The summed E-state index contributed by atoms with van der Waals surface area (Å²) in [6.07, 6.45) is 5.11. The van der Waals surface area contributed by atoms with Gasteiger partial charge in [0.15, 0.2) is 0 Å². The van der Waals surface area contributed by atoms with E-state index in [2.05, 4.69) is 11.8 Å². The normalized spacial score (nSPS) is 16.6. The summed E-state index contributed by atoms with van der Waals surface area (Å²) in [5, 5.41) is 0. The molecule has 1 aromatic rings. The van der Waals surface area contributed by atoms with Crippen molar-refractivity contribution in [2.75, 3.05) is 37.6 Å². The Kier molecular flexibility index (Phi) is 5.77. The Labute approximate surface area is 120 Å². The molecule has 0 amide bonds. The van der Waals surface area contributed by atoms with Crippen LogP contribution < -0.4 is 4.90 Å². The number of unbranched alkanes of at least 4 members (excludes halogenated alkanes) is 3. The van der Waals surface area contributed by atoms with Gasteiger partial charge in [0.1, 0.15) is 11.6 Å². The third kappa shape index (κ3) is 4.17. The van der Waals surface area contributed by atoms with Crippen molar-refractivity contribution >= 4 is 5.69 Å². The summed E-state index contributed by atoms with van der Waals surface area (Å²) in [7, 11) is 0. The molecule has 0 unspecified atom stereocenters. The summed E-state index contributed by atoms with van der Waals surface area (Å²) in [5.41, 5.74) is 0.525. The van der Waals surface area contributed by atoms with Crippen molar-refractivity contribution in [1.29, 1.82) is 0 Å². The lowest BCUT2D eigenvalue weighted by molar-refractivity contribution is 0.251. The van der Waals surface area contributed by atoms with Crippen LogP contribution in [0.3, 0.4) is 0 Å². The highest BCUT2D eigenvalue weighted by atomic mass is 19.1. The van der Waals surface area contributed by atoms with Crippen molar-refractivity contribution in [3.63, 3.8) is 0 Å². The molecule has 0 bridgehead atoms. The van der Waals surface area contributed by atoms with Crippen molar-refractivity contribution in [2.45, 2.75) is 32.6 Å². The van der Waals surface area contributed by atoms with E-state index in [9.17, 15) is 8.78 Å². The first-order chi connectivity index (χ1) is 9.70. The van der Waals surface area contributed by atoms with Crippen LogP contribution in [0.15, 0.2) is 18.2 Å². The van der Waals surface area contributed by atoms with E-state index in [1.807, 2.05) is 4.90 Å². The van der Waals surface area contributed by atoms with E-state index < -0.39 is 11.6 Å². The number of nitrogens with zero attached hydrogens (tertiary/aromatic N) is 2. The SMILES string of the molecule is CCCCCCN1CCN(c2ccc(F)cc2F)CC1. The average Bonchev–Trinajstić information content (AvgIpc) is 2.45. The summed E-state index contributed by atoms with van der Waals surface area (Å²) in [6, 6.07) is 3.84. The maximum atomic E-state index is 13.7. The number of rotatable bonds is 6. The second-order valence-corrected chi connectivity index (χ2v) is 5.49. The summed E-state index contributed by atoms with van der Waals surface area (Å²) in [5.74, 6) is -0.970. The monoisotopic (exact) mass is 282 g/mol. The largest absolute Gasteiger partial charge is 0.367 e. The summed E-state index contributed by atoms with van der Waals surface area (Å²) >= 11 is 0. The molecule has 1 aliphatic heterocycles. The Bertz CT molecular complexity index is 415. The van der Waals surface area contributed by atoms with Gasteiger partial charge in [0.25, 0.3) is 0 Å². The van der Waals surface area contributed by atoms with E-state index >= 15 is 0 Å². The molecule has 0 spiro atoms. The summed E-state index contributed by atoms with van der Waals surface area (Å²) in [4.78, 5) is 4.45. The van der Waals surface area contributed by atoms with Crippen LogP contribution in [0, 0.1) is 11.6 Å². The smallest absolute Gasteiger partial charge is 0.149 e. The fourth-order valence-corrected chi connectivity index (χ4v) is 2.71. The van der Waals surface area contributed by atoms with Crippen molar-refractivity contribution < 1.29 is 8.78 Å². The molecular formula is C16H24F2N2. The Balaban J connectivity index is 1.79. The summed E-state index contributed by atoms with van der Waals surface area (Å²) in [6.45, 7) is 6.91. The first-order valence-electron chi connectivity index (χ1n) is 7.63. The molecule has 0 radical (unpaired) electrons. The molecule has 1 saturated heterocycles. The van der Waals surface area contributed by atoms with E-state index in [1.54, 1.807) is 6.07 Å². The van der Waals surface area contributed by atoms with Gasteiger partial charge in [0.2, 0.25) is 0 Å². The molecule has 112 valence electrons. The van der Waals surface area contributed by atoms with Crippen LogP contribution in [0.1, 0.15) is 32.6 Å². The van der Waals surface area contributed by atoms with Crippen molar-refractivity contribution in [2.24, 2.45) is 0 Å². The Morgan fingerprint density at radius 1 is 1.00 bits per heavy atom. The van der Waals surface area contributed by atoms with Gasteiger partial charge in [-0.25, -0.2) is 8.78 Å². The van der Waals surface area contributed by atoms with Crippen molar-refractivity contribution in [1.82, 2.24) is 4.90 Å². The number of benzene rings is 1. The quantitative estimate of drug-likeness (QED) is 0.735. The van der Waals surface area contributed by atoms with E-state index in [-0.39, 0.29) is 0 Å². The zero-order valence-electron chi connectivity index (χ0n) is 12.2. The average molecular weight is 282 g/mol. The minimum absolute atomic E-state index is 0.457. The fraction of sp³-hybridized carbons (Fsp3) is 0.625. The van der Waals surface area contributed by atoms with E-state index in [0.717, 1.165) is 38.8 Å². The Hall–Kier alpha value is -1.16. The van der Waals surface area contributed by atoms with Gasteiger partial charge in [-0.2, -0.15) is 0 Å². The van der Waals surface area contributed by atoms with Crippen LogP contribution in [0.25, 0.3) is 0 Å². The first kappa shape index (κ1) is 15.2. The zero-order valence-corrected chi connectivity index (χ0v) is 12.2. The number of halogens is 2. The number of anilines is 1. The van der Waals surface area contributed by atoms with Crippen LogP contribution in [0.2, 0.25) is 0 Å². The van der Waals surface area contributed by atoms with Crippen LogP contribution in [-0.2, 0) is 0 Å². The van der Waals surface area contributed by atoms with E-state index in [1.165, 1.54) is 31.7 Å². The topological polar surface area (TPSA) is 6.48 Å². The molecule has 0 N–H and O–H groups in total. The molecular weight excluding hydrogens is 258 g/mol. The highest BCUT2D eigenvalue weighted by molar-refractivity contribution is 5.48. The molecule has 1 aromatic carbocycles. The lowest BCUT2D eigenvalue weighted by atomic mass is 10.2. The molecule has 20 heavy (non-hydrogen) atoms. The van der Waals surface area contributed by atoms with Crippen LogP contribution in [-0.4, -0.2) is 37.6 Å². The minimum atomic E-state index is -0.513. The molecule has 1 aliphatic rings. The highest BCUT2D eigenvalue weighted by Crippen LogP contribution is 2.21. The number of hydrogen-bond donors (Lipinski definition) is 0. The van der Waals surface area contributed by atoms with E-state index in [0.29, 0.717) is 5.69 Å². The van der Waals surface area contributed by atoms with Gasteiger partial charge >= 0.3 is 0 Å². The molecule has 0 aliphatic carbocycles. The Morgan fingerprint density at radius 2 is 1.75 bits per heavy atom. The van der Waals surface area contributed by atoms with Gasteiger partial charge in [-0.3, -0.25) is 4.90 Å². The second-order valence-electron chi connectivity index (χ2n) is 5.49. The van der Waals surface area contributed by atoms with Gasteiger partial charge < -0.3 is 4.90 Å². The first-order valence-corrected chi connectivity index (χ1v) is 7.63. The second kappa shape index (κ2) is 7.58. The standard InChI is InChI=1S/C16H24F2N2/c1-2-3-4-5-8-19-9-11-20(12-10-19)16-7-6-14(17)13-15(16)18/h6-7,13H,2-5,8-12H2,1H3. The van der Waals surface area contributed by atoms with Gasteiger partial charge in [-0.05, 0) is 25.1 Å². The maximum absolute atomic E-state index is 13.7. The predicted octanol–water partition coefficient (Wildman–Crippen LogP) is 3.67. The summed E-state index contributed by atoms with van der Waals surface area (Å²) < 4.78 is 26.6. The molecule has 4 heteroatoms. The van der Waals surface area contributed by atoms with Crippen LogP contribution in [0.5, 0.6) is 0 Å². The van der Waals surface area contributed by atoms with Gasteiger partial charge in [-0.1, -0.05) is 26.2 Å². The third-order valence-corrected chi connectivity index (χ3v) is 3.95. The van der Waals surface area contributed by atoms with Gasteiger partial charge in [-0.15, -0.1) is 0 Å². The minimum Gasteiger partial charge on any atom is -0.367 e. The fourth-order valence-electron chi connectivity index (χ4n) is 2.71. The van der Waals surface area contributed by atoms with Gasteiger partial charge in [0, 0.05) is 32.2 Å². The van der Waals surface area contributed by atoms with Crippen LogP contribution in [0.4, 0.5) is 14.5 Å².